The van der Waals surface area contributed by atoms with Gasteiger partial charge in [-0.15, -0.1) is 0 Å². The minimum atomic E-state index is -3.71. The highest BCUT2D eigenvalue weighted by atomic mass is 35.5. The Balaban J connectivity index is 2.28. The zero-order valence-corrected chi connectivity index (χ0v) is 12.5. The van der Waals surface area contributed by atoms with E-state index < -0.39 is 10.0 Å². The van der Waals surface area contributed by atoms with Crippen LogP contribution in [0.15, 0.2) is 29.4 Å². The molecular weight excluding hydrogens is 302 g/mol. The lowest BCUT2D eigenvalue weighted by molar-refractivity contribution is 0.415. The fraction of sp³-hybridized carbons (Fsp3) is 0.250. The number of benzene rings is 1. The molecule has 1 aromatic carbocycles. The number of aromatic amines is 1. The van der Waals surface area contributed by atoms with Crippen LogP contribution in [0.5, 0.6) is 5.75 Å². The van der Waals surface area contributed by atoms with Crippen LogP contribution in [0.25, 0.3) is 0 Å². The van der Waals surface area contributed by atoms with Crippen LogP contribution in [0.4, 0.5) is 5.69 Å². The molecule has 2 rings (SSSR count). The molecule has 108 valence electrons. The van der Waals surface area contributed by atoms with Gasteiger partial charge in [0.15, 0.2) is 5.03 Å². The molecule has 6 nitrogen and oxygen atoms in total. The number of aryl methyl sites for hydroxylation is 1. The maximum atomic E-state index is 12.2. The van der Waals surface area contributed by atoms with Crippen molar-refractivity contribution in [3.8, 4) is 5.75 Å². The smallest absolute Gasteiger partial charge is 0.278 e. The Bertz CT molecular complexity index is 712. The van der Waals surface area contributed by atoms with E-state index in [4.69, 9.17) is 16.3 Å². The first-order valence-electron chi connectivity index (χ1n) is 5.86. The van der Waals surface area contributed by atoms with Crippen molar-refractivity contribution in [1.29, 1.82) is 0 Å². The Morgan fingerprint density at radius 2 is 2.20 bits per heavy atom. The van der Waals surface area contributed by atoms with Crippen LogP contribution >= 0.6 is 11.6 Å². The van der Waals surface area contributed by atoms with E-state index in [2.05, 4.69) is 14.7 Å². The summed E-state index contributed by atoms with van der Waals surface area (Å²) in [4.78, 5) is 6.71. The van der Waals surface area contributed by atoms with Gasteiger partial charge in [-0.1, -0.05) is 18.5 Å². The zero-order chi connectivity index (χ0) is 14.8. The van der Waals surface area contributed by atoms with Gasteiger partial charge in [-0.3, -0.25) is 4.72 Å². The van der Waals surface area contributed by atoms with Gasteiger partial charge in [-0.25, -0.2) is 4.98 Å². The van der Waals surface area contributed by atoms with Gasteiger partial charge < -0.3 is 9.72 Å². The highest BCUT2D eigenvalue weighted by Gasteiger charge is 2.17. The lowest BCUT2D eigenvalue weighted by Crippen LogP contribution is -2.13. The van der Waals surface area contributed by atoms with Crippen LogP contribution in [-0.2, 0) is 16.4 Å². The Labute approximate surface area is 122 Å². The summed E-state index contributed by atoms with van der Waals surface area (Å²) in [6.45, 7) is 1.88. The van der Waals surface area contributed by atoms with Gasteiger partial charge in [-0.2, -0.15) is 8.42 Å². The van der Waals surface area contributed by atoms with Gasteiger partial charge in [0.2, 0.25) is 0 Å². The summed E-state index contributed by atoms with van der Waals surface area (Å²) in [6.07, 6.45) is 1.92. The first-order valence-corrected chi connectivity index (χ1v) is 7.72. The van der Waals surface area contributed by atoms with E-state index in [1.807, 2.05) is 6.92 Å². The number of nitrogens with one attached hydrogen (secondary N) is 2. The number of anilines is 1. The van der Waals surface area contributed by atoms with E-state index >= 15 is 0 Å². The highest BCUT2D eigenvalue weighted by molar-refractivity contribution is 7.92. The fourth-order valence-electron chi connectivity index (χ4n) is 1.59. The van der Waals surface area contributed by atoms with Crippen LogP contribution in [-0.4, -0.2) is 25.5 Å². The number of H-pyrrole nitrogens is 1. The van der Waals surface area contributed by atoms with Gasteiger partial charge in [0.25, 0.3) is 10.0 Å². The van der Waals surface area contributed by atoms with E-state index in [0.717, 1.165) is 0 Å². The molecule has 0 amide bonds. The molecule has 0 aliphatic heterocycles. The molecule has 0 saturated carbocycles. The summed E-state index contributed by atoms with van der Waals surface area (Å²) < 4.78 is 31.8. The predicted octanol–water partition coefficient (Wildman–Crippen LogP) is 2.43. The molecule has 0 unspecified atom stereocenters. The number of hydrogen-bond acceptors (Lipinski definition) is 4. The number of halogens is 1. The number of nitrogens with zero attached hydrogens (tertiary/aromatic N) is 1. The van der Waals surface area contributed by atoms with Crippen molar-refractivity contribution in [2.24, 2.45) is 0 Å². The molecule has 0 aliphatic carbocycles. The molecule has 0 fully saturated rings. The maximum absolute atomic E-state index is 12.2. The molecule has 0 saturated heterocycles. The van der Waals surface area contributed by atoms with Crippen LogP contribution in [0.2, 0.25) is 5.02 Å². The van der Waals surface area contributed by atoms with Crippen molar-refractivity contribution in [2.75, 3.05) is 11.8 Å². The molecule has 0 bridgehead atoms. The number of sulfonamides is 1. The fourth-order valence-corrected chi connectivity index (χ4v) is 2.78. The third-order valence-corrected chi connectivity index (χ3v) is 4.24. The number of ether oxygens (including phenoxy) is 1. The van der Waals surface area contributed by atoms with Gasteiger partial charge in [0.05, 0.1) is 24.0 Å². The summed E-state index contributed by atoms with van der Waals surface area (Å²) in [7, 11) is -2.25. The number of rotatable bonds is 5. The Morgan fingerprint density at radius 3 is 2.80 bits per heavy atom. The topological polar surface area (TPSA) is 84.1 Å². The zero-order valence-electron chi connectivity index (χ0n) is 11.0. The minimum Gasteiger partial charge on any atom is -0.495 e. The quantitative estimate of drug-likeness (QED) is 0.887. The summed E-state index contributed by atoms with van der Waals surface area (Å²) in [5, 5.41) is 0.425. The lowest BCUT2D eigenvalue weighted by atomic mass is 10.3. The van der Waals surface area contributed by atoms with Gasteiger partial charge >= 0.3 is 0 Å². The first-order chi connectivity index (χ1) is 9.46. The van der Waals surface area contributed by atoms with Crippen molar-refractivity contribution in [3.05, 3.63) is 35.2 Å². The number of methoxy groups -OCH3 is 1. The molecule has 1 heterocycles. The van der Waals surface area contributed by atoms with E-state index in [1.54, 1.807) is 12.1 Å². The van der Waals surface area contributed by atoms with E-state index in [0.29, 0.717) is 28.7 Å². The Morgan fingerprint density at radius 1 is 1.45 bits per heavy atom. The van der Waals surface area contributed by atoms with Crippen LogP contribution in [0, 0.1) is 0 Å². The molecule has 8 heteroatoms. The van der Waals surface area contributed by atoms with Crippen molar-refractivity contribution < 1.29 is 13.2 Å². The average molecular weight is 316 g/mol. The second-order valence-electron chi connectivity index (χ2n) is 4.00. The average Bonchev–Trinajstić information content (AvgIpc) is 2.90. The largest absolute Gasteiger partial charge is 0.495 e. The van der Waals surface area contributed by atoms with Crippen molar-refractivity contribution in [3.63, 3.8) is 0 Å². The van der Waals surface area contributed by atoms with Crippen LogP contribution in [0.1, 0.15) is 12.7 Å². The van der Waals surface area contributed by atoms with Crippen molar-refractivity contribution >= 4 is 27.3 Å². The van der Waals surface area contributed by atoms with Gasteiger partial charge in [0, 0.05) is 12.5 Å². The summed E-state index contributed by atoms with van der Waals surface area (Å²) in [5.74, 6) is 1.00. The molecule has 1 aromatic heterocycles. The lowest BCUT2D eigenvalue weighted by Gasteiger charge is -2.09. The predicted molar refractivity (Wildman–Crippen MR) is 76.8 cm³/mol. The molecular formula is C12H14ClN3O3S. The number of imidazole rings is 1. The highest BCUT2D eigenvalue weighted by Crippen LogP contribution is 2.28. The van der Waals surface area contributed by atoms with Crippen molar-refractivity contribution in [1.82, 2.24) is 9.97 Å². The molecule has 2 aromatic rings. The standard InChI is InChI=1S/C12H14ClN3O3S/c1-3-11-14-7-12(15-11)20(17,18)16-8-4-5-9(13)10(6-8)19-2/h4-7,16H,3H2,1-2H3,(H,14,15). The van der Waals surface area contributed by atoms with E-state index in [1.165, 1.54) is 19.4 Å². The molecule has 2 N–H and O–H groups in total. The summed E-state index contributed by atoms with van der Waals surface area (Å²) in [6, 6.07) is 4.62. The van der Waals surface area contributed by atoms with Gasteiger partial charge in [0.1, 0.15) is 11.6 Å². The molecule has 20 heavy (non-hydrogen) atoms. The number of aromatic nitrogens is 2. The third-order valence-electron chi connectivity index (χ3n) is 2.63. The third kappa shape index (κ3) is 3.05. The maximum Gasteiger partial charge on any atom is 0.278 e. The number of hydrogen-bond donors (Lipinski definition) is 2. The monoisotopic (exact) mass is 315 g/mol. The molecule has 0 aliphatic rings. The van der Waals surface area contributed by atoms with Crippen molar-refractivity contribution in [2.45, 2.75) is 18.4 Å². The Kier molecular flexibility index (Phi) is 4.20. The van der Waals surface area contributed by atoms with E-state index in [9.17, 15) is 8.42 Å². The van der Waals surface area contributed by atoms with Crippen LogP contribution in [0.3, 0.4) is 0 Å². The van der Waals surface area contributed by atoms with E-state index in [-0.39, 0.29) is 5.03 Å². The molecule has 0 atom stereocenters. The SMILES string of the molecule is CCc1ncc(S(=O)(=O)Nc2ccc(Cl)c(OC)c2)[nH]1. The van der Waals surface area contributed by atoms with Crippen LogP contribution < -0.4 is 9.46 Å². The van der Waals surface area contributed by atoms with Gasteiger partial charge in [-0.05, 0) is 12.1 Å². The molecule has 0 spiro atoms. The second-order valence-corrected chi connectivity index (χ2v) is 6.06. The molecule has 0 radical (unpaired) electrons. The normalized spacial score (nSPS) is 11.3. The summed E-state index contributed by atoms with van der Waals surface area (Å²) >= 11 is 5.89. The summed E-state index contributed by atoms with van der Waals surface area (Å²) in [5.41, 5.74) is 0.360. The Hall–Kier alpha value is -1.73. The second kappa shape index (κ2) is 5.72. The first kappa shape index (κ1) is 14.7. The minimum absolute atomic E-state index is 0.0169.